The highest BCUT2D eigenvalue weighted by molar-refractivity contribution is 5.66. The van der Waals surface area contributed by atoms with Gasteiger partial charge in [0.2, 0.25) is 5.75 Å². The summed E-state index contributed by atoms with van der Waals surface area (Å²) >= 11 is 0. The second-order valence-corrected chi connectivity index (χ2v) is 2.80. The van der Waals surface area contributed by atoms with E-state index in [0.717, 1.165) is 0 Å². The van der Waals surface area contributed by atoms with Crippen LogP contribution in [0.1, 0.15) is 18.4 Å². The summed E-state index contributed by atoms with van der Waals surface area (Å²) in [5, 5.41) is 27.4. The first-order valence-corrected chi connectivity index (χ1v) is 3.77. The Morgan fingerprint density at radius 2 is 1.85 bits per heavy atom. The van der Waals surface area contributed by atoms with Crippen LogP contribution >= 0.6 is 0 Å². The Kier molecular flexibility index (Phi) is 2.41. The molecule has 0 spiro atoms. The third-order valence-electron chi connectivity index (χ3n) is 1.86. The number of aromatic hydroxyl groups is 3. The van der Waals surface area contributed by atoms with Crippen molar-refractivity contribution < 1.29 is 20.1 Å². The summed E-state index contributed by atoms with van der Waals surface area (Å²) in [6.07, 6.45) is 0.644. The van der Waals surface area contributed by atoms with Gasteiger partial charge in [-0.1, -0.05) is 13.0 Å². The average Bonchev–Trinajstić information content (AvgIpc) is 2.13. The minimum Gasteiger partial charge on any atom is -0.504 e. The molecule has 70 valence electrons. The Morgan fingerprint density at radius 1 is 1.23 bits per heavy atom. The highest BCUT2D eigenvalue weighted by atomic mass is 16.3. The molecule has 0 saturated heterocycles. The first kappa shape index (κ1) is 9.38. The smallest absolute Gasteiger partial charge is 0.200 e. The Bertz CT molecular complexity index is 333. The normalized spacial score (nSPS) is 12.4. The summed E-state index contributed by atoms with van der Waals surface area (Å²) in [6, 6.07) is 2.62. The quantitative estimate of drug-likeness (QED) is 0.473. The lowest BCUT2D eigenvalue weighted by molar-refractivity contribution is -0.108. The standard InChI is InChI=1S/C9H10O4/c1-5(4-10)6-2-3-7(11)9(13)8(6)12/h2-5,11-13H,1H3. The van der Waals surface area contributed by atoms with E-state index >= 15 is 0 Å². The number of rotatable bonds is 2. The second kappa shape index (κ2) is 3.35. The fourth-order valence-corrected chi connectivity index (χ4v) is 1.03. The van der Waals surface area contributed by atoms with Crippen LogP contribution in [0, 0.1) is 0 Å². The minimum absolute atomic E-state index is 0.297. The van der Waals surface area contributed by atoms with E-state index in [1.807, 2.05) is 0 Å². The topological polar surface area (TPSA) is 77.8 Å². The molecule has 0 saturated carbocycles. The Labute approximate surface area is 75.1 Å². The van der Waals surface area contributed by atoms with E-state index in [4.69, 9.17) is 10.2 Å². The number of phenols is 3. The zero-order chi connectivity index (χ0) is 10.0. The van der Waals surface area contributed by atoms with Crippen LogP contribution < -0.4 is 0 Å². The number of phenolic OH excluding ortho intramolecular Hbond substituents is 3. The highest BCUT2D eigenvalue weighted by Gasteiger charge is 2.15. The van der Waals surface area contributed by atoms with Crippen LogP contribution in [0.25, 0.3) is 0 Å². The molecule has 1 unspecified atom stereocenters. The van der Waals surface area contributed by atoms with Crippen LogP contribution in [0.4, 0.5) is 0 Å². The van der Waals surface area contributed by atoms with E-state index in [9.17, 15) is 9.90 Å². The summed E-state index contributed by atoms with van der Waals surface area (Å²) in [5.74, 6) is -1.95. The molecule has 0 aromatic heterocycles. The van der Waals surface area contributed by atoms with Gasteiger partial charge in [0.15, 0.2) is 11.5 Å². The molecule has 3 N–H and O–H groups in total. The molecule has 0 radical (unpaired) electrons. The van der Waals surface area contributed by atoms with Gasteiger partial charge in [-0.15, -0.1) is 0 Å². The molecule has 0 aliphatic rings. The lowest BCUT2D eigenvalue weighted by atomic mass is 10.0. The van der Waals surface area contributed by atoms with Gasteiger partial charge in [-0.3, -0.25) is 0 Å². The number of hydrogen-bond donors (Lipinski definition) is 3. The van der Waals surface area contributed by atoms with Crippen molar-refractivity contribution in [3.8, 4) is 17.2 Å². The van der Waals surface area contributed by atoms with Crippen LogP contribution in [0.15, 0.2) is 12.1 Å². The van der Waals surface area contributed by atoms with E-state index in [2.05, 4.69) is 0 Å². The van der Waals surface area contributed by atoms with Crippen molar-refractivity contribution in [1.29, 1.82) is 0 Å². The molecular formula is C9H10O4. The van der Waals surface area contributed by atoms with Gasteiger partial charge in [0.25, 0.3) is 0 Å². The van der Waals surface area contributed by atoms with Crippen LogP contribution in [0.3, 0.4) is 0 Å². The van der Waals surface area contributed by atoms with Crippen molar-refractivity contribution in [2.75, 3.05) is 0 Å². The maximum absolute atomic E-state index is 10.4. The molecule has 4 nitrogen and oxygen atoms in total. The number of aldehydes is 1. The van der Waals surface area contributed by atoms with Gasteiger partial charge in [0.05, 0.1) is 0 Å². The van der Waals surface area contributed by atoms with Gasteiger partial charge in [-0.05, 0) is 6.07 Å². The summed E-state index contributed by atoms with van der Waals surface area (Å²) in [7, 11) is 0. The molecule has 0 bridgehead atoms. The predicted octanol–water partition coefficient (Wildman–Crippen LogP) is 1.11. The van der Waals surface area contributed by atoms with Crippen molar-refractivity contribution in [1.82, 2.24) is 0 Å². The van der Waals surface area contributed by atoms with Gasteiger partial charge in [0, 0.05) is 11.5 Å². The maximum atomic E-state index is 10.4. The van der Waals surface area contributed by atoms with Crippen molar-refractivity contribution in [3.63, 3.8) is 0 Å². The number of carbonyl (C=O) groups is 1. The first-order valence-electron chi connectivity index (χ1n) is 3.77. The molecule has 0 fully saturated rings. The molecule has 1 aromatic rings. The van der Waals surface area contributed by atoms with E-state index in [1.165, 1.54) is 12.1 Å². The Hall–Kier alpha value is -1.71. The van der Waals surface area contributed by atoms with Crippen LogP contribution in [0.5, 0.6) is 17.2 Å². The molecule has 0 heterocycles. The van der Waals surface area contributed by atoms with Crippen LogP contribution in [0.2, 0.25) is 0 Å². The lowest BCUT2D eigenvalue weighted by Crippen LogP contribution is -1.94. The fraction of sp³-hybridized carbons (Fsp3) is 0.222. The Morgan fingerprint density at radius 3 is 2.38 bits per heavy atom. The zero-order valence-corrected chi connectivity index (χ0v) is 7.06. The largest absolute Gasteiger partial charge is 0.504 e. The molecule has 1 atom stereocenters. The highest BCUT2D eigenvalue weighted by Crippen LogP contribution is 2.39. The molecular weight excluding hydrogens is 172 g/mol. The summed E-state index contributed by atoms with van der Waals surface area (Å²) in [5.41, 5.74) is 0.297. The predicted molar refractivity (Wildman–Crippen MR) is 45.9 cm³/mol. The third-order valence-corrected chi connectivity index (χ3v) is 1.86. The van der Waals surface area contributed by atoms with E-state index < -0.39 is 23.2 Å². The van der Waals surface area contributed by atoms with Gasteiger partial charge < -0.3 is 20.1 Å². The number of benzene rings is 1. The molecule has 1 rings (SSSR count). The summed E-state index contributed by atoms with van der Waals surface area (Å²) in [6.45, 7) is 1.58. The number of hydrogen-bond acceptors (Lipinski definition) is 4. The monoisotopic (exact) mass is 182 g/mol. The number of carbonyl (C=O) groups excluding carboxylic acids is 1. The average molecular weight is 182 g/mol. The van der Waals surface area contributed by atoms with Crippen molar-refractivity contribution in [3.05, 3.63) is 17.7 Å². The molecule has 0 aliphatic heterocycles. The summed E-state index contributed by atoms with van der Waals surface area (Å²) in [4.78, 5) is 10.4. The molecule has 0 amide bonds. The maximum Gasteiger partial charge on any atom is 0.200 e. The van der Waals surface area contributed by atoms with Crippen molar-refractivity contribution >= 4 is 6.29 Å². The van der Waals surface area contributed by atoms with Gasteiger partial charge in [-0.2, -0.15) is 0 Å². The first-order chi connectivity index (χ1) is 6.07. The summed E-state index contributed by atoms with van der Waals surface area (Å²) < 4.78 is 0. The zero-order valence-electron chi connectivity index (χ0n) is 7.06. The van der Waals surface area contributed by atoms with Crippen molar-refractivity contribution in [2.24, 2.45) is 0 Å². The Balaban J connectivity index is 3.25. The lowest BCUT2D eigenvalue weighted by Gasteiger charge is -2.08. The van der Waals surface area contributed by atoms with E-state index in [1.54, 1.807) is 6.92 Å². The SMILES string of the molecule is CC(C=O)c1ccc(O)c(O)c1O. The molecule has 0 aliphatic carbocycles. The molecule has 4 heteroatoms. The van der Waals surface area contributed by atoms with Crippen LogP contribution in [-0.4, -0.2) is 21.6 Å². The van der Waals surface area contributed by atoms with E-state index in [0.29, 0.717) is 11.8 Å². The van der Waals surface area contributed by atoms with E-state index in [-0.39, 0.29) is 0 Å². The second-order valence-electron chi connectivity index (χ2n) is 2.80. The molecule has 13 heavy (non-hydrogen) atoms. The van der Waals surface area contributed by atoms with Gasteiger partial charge in [0.1, 0.15) is 6.29 Å². The third kappa shape index (κ3) is 1.56. The fourth-order valence-electron chi connectivity index (χ4n) is 1.03. The van der Waals surface area contributed by atoms with Gasteiger partial charge in [-0.25, -0.2) is 0 Å². The van der Waals surface area contributed by atoms with Crippen LogP contribution in [-0.2, 0) is 4.79 Å². The van der Waals surface area contributed by atoms with Gasteiger partial charge >= 0.3 is 0 Å². The molecule has 1 aromatic carbocycles. The minimum atomic E-state index is -0.591. The van der Waals surface area contributed by atoms with Crippen molar-refractivity contribution in [2.45, 2.75) is 12.8 Å².